The van der Waals surface area contributed by atoms with E-state index in [9.17, 15) is 18.0 Å². The van der Waals surface area contributed by atoms with Crippen LogP contribution in [0.25, 0.3) is 11.6 Å². The lowest BCUT2D eigenvalue weighted by Crippen LogP contribution is -2.20. The molecule has 2 aromatic rings. The summed E-state index contributed by atoms with van der Waals surface area (Å²) in [4.78, 5) is 13.8. The molecule has 0 spiro atoms. The Bertz CT molecular complexity index is 777. The van der Waals surface area contributed by atoms with Crippen molar-refractivity contribution in [2.24, 2.45) is 0 Å². The van der Waals surface area contributed by atoms with E-state index in [1.165, 1.54) is 17.0 Å². The molecule has 0 bridgehead atoms. The normalized spacial score (nSPS) is 16.3. The van der Waals surface area contributed by atoms with Crippen molar-refractivity contribution in [2.75, 3.05) is 11.9 Å². The van der Waals surface area contributed by atoms with Gasteiger partial charge in [0, 0.05) is 18.2 Å². The first-order chi connectivity index (χ1) is 10.4. The fraction of sp³-hybridized carbons (Fsp3) is 0.118. The fourth-order valence-corrected chi connectivity index (χ4v) is 2.51. The quantitative estimate of drug-likeness (QED) is 0.722. The van der Waals surface area contributed by atoms with E-state index in [4.69, 9.17) is 0 Å². The number of rotatable bonds is 1. The second kappa shape index (κ2) is 5.02. The Labute approximate surface area is 125 Å². The van der Waals surface area contributed by atoms with Crippen molar-refractivity contribution in [3.05, 3.63) is 65.2 Å². The predicted molar refractivity (Wildman–Crippen MR) is 79.2 cm³/mol. The highest BCUT2D eigenvalue weighted by atomic mass is 19.4. The van der Waals surface area contributed by atoms with Crippen molar-refractivity contribution in [2.45, 2.75) is 6.18 Å². The van der Waals surface area contributed by atoms with Gasteiger partial charge in [0.15, 0.2) is 0 Å². The summed E-state index contributed by atoms with van der Waals surface area (Å²) >= 11 is 0. The number of hydrogen-bond donors (Lipinski definition) is 0. The molecule has 0 radical (unpaired) electrons. The molecule has 0 aromatic heterocycles. The van der Waals surface area contributed by atoms with Crippen LogP contribution in [0.2, 0.25) is 0 Å². The van der Waals surface area contributed by atoms with Gasteiger partial charge in [0.1, 0.15) is 0 Å². The molecule has 0 aliphatic carbocycles. The highest BCUT2D eigenvalue weighted by molar-refractivity contribution is 6.35. The molecule has 0 atom stereocenters. The molecule has 0 fully saturated rings. The third kappa shape index (κ3) is 2.39. The summed E-state index contributed by atoms with van der Waals surface area (Å²) in [6, 6.07) is 12.2. The molecule has 0 saturated heterocycles. The average molecular weight is 303 g/mol. The molecule has 112 valence electrons. The Balaban J connectivity index is 2.08. The van der Waals surface area contributed by atoms with Crippen LogP contribution in [0.5, 0.6) is 0 Å². The fourth-order valence-electron chi connectivity index (χ4n) is 2.51. The Morgan fingerprint density at radius 2 is 1.77 bits per heavy atom. The highest BCUT2D eigenvalue weighted by Gasteiger charge is 2.31. The molecule has 2 nitrogen and oxygen atoms in total. The number of benzene rings is 2. The van der Waals surface area contributed by atoms with Gasteiger partial charge in [-0.15, -0.1) is 0 Å². The van der Waals surface area contributed by atoms with Gasteiger partial charge in [0.2, 0.25) is 0 Å². The molecule has 1 aliphatic heterocycles. The number of para-hydroxylation sites is 1. The Morgan fingerprint density at radius 1 is 1.05 bits per heavy atom. The molecule has 2 aromatic carbocycles. The van der Waals surface area contributed by atoms with Crippen LogP contribution < -0.4 is 4.90 Å². The first-order valence-corrected chi connectivity index (χ1v) is 6.64. The molecule has 1 aliphatic rings. The summed E-state index contributed by atoms with van der Waals surface area (Å²) in [5.74, 6) is -0.224. The van der Waals surface area contributed by atoms with Gasteiger partial charge < -0.3 is 4.90 Å². The van der Waals surface area contributed by atoms with Gasteiger partial charge in [-0.25, -0.2) is 0 Å². The Hall–Kier alpha value is -2.56. The zero-order valence-corrected chi connectivity index (χ0v) is 11.7. The lowest BCUT2D eigenvalue weighted by Gasteiger charge is -2.08. The van der Waals surface area contributed by atoms with Crippen molar-refractivity contribution in [1.82, 2.24) is 0 Å². The van der Waals surface area contributed by atoms with Gasteiger partial charge in [0.25, 0.3) is 5.91 Å². The maximum Gasteiger partial charge on any atom is 0.416 e. The molecule has 0 saturated carbocycles. The van der Waals surface area contributed by atoms with Crippen LogP contribution >= 0.6 is 0 Å². The molecule has 5 heteroatoms. The van der Waals surface area contributed by atoms with Crippen LogP contribution in [0.3, 0.4) is 0 Å². The first kappa shape index (κ1) is 14.4. The molecule has 0 unspecified atom stereocenters. The van der Waals surface area contributed by atoms with Gasteiger partial charge in [-0.05, 0) is 29.8 Å². The van der Waals surface area contributed by atoms with Crippen LogP contribution in [-0.2, 0) is 11.0 Å². The summed E-state index contributed by atoms with van der Waals surface area (Å²) in [5, 5.41) is 0. The smallest absolute Gasteiger partial charge is 0.311 e. The maximum absolute atomic E-state index is 12.8. The standard InChI is InChI=1S/C17H12F3NO/c1-21-15-8-3-2-7-13(15)14(16(21)22)10-11-5-4-6-12(9-11)17(18,19)20/h2-10H,1H3. The monoisotopic (exact) mass is 303 g/mol. The largest absolute Gasteiger partial charge is 0.416 e. The topological polar surface area (TPSA) is 20.3 Å². The summed E-state index contributed by atoms with van der Waals surface area (Å²) in [5.41, 5.74) is 1.51. The van der Waals surface area contributed by atoms with Gasteiger partial charge in [-0.3, -0.25) is 4.79 Å². The van der Waals surface area contributed by atoms with Crippen LogP contribution in [0, 0.1) is 0 Å². The third-order valence-corrected chi connectivity index (χ3v) is 3.62. The van der Waals surface area contributed by atoms with Crippen molar-refractivity contribution >= 4 is 23.2 Å². The van der Waals surface area contributed by atoms with Crippen molar-refractivity contribution in [3.63, 3.8) is 0 Å². The number of fused-ring (bicyclic) bond motifs is 1. The van der Waals surface area contributed by atoms with E-state index in [1.54, 1.807) is 31.3 Å². The van der Waals surface area contributed by atoms with Gasteiger partial charge in [-0.2, -0.15) is 13.2 Å². The van der Waals surface area contributed by atoms with E-state index in [0.29, 0.717) is 11.1 Å². The van der Waals surface area contributed by atoms with Crippen molar-refractivity contribution in [1.29, 1.82) is 0 Å². The third-order valence-electron chi connectivity index (χ3n) is 3.62. The molecule has 1 heterocycles. The highest BCUT2D eigenvalue weighted by Crippen LogP contribution is 2.37. The van der Waals surface area contributed by atoms with Crippen LogP contribution in [-0.4, -0.2) is 13.0 Å². The molecule has 3 rings (SSSR count). The Morgan fingerprint density at radius 3 is 2.50 bits per heavy atom. The molecular weight excluding hydrogens is 291 g/mol. The minimum atomic E-state index is -4.40. The van der Waals surface area contributed by atoms with Gasteiger partial charge >= 0.3 is 6.18 Å². The predicted octanol–water partition coefficient (Wildman–Crippen LogP) is 4.22. The van der Waals surface area contributed by atoms with Crippen LogP contribution in [0.1, 0.15) is 16.7 Å². The zero-order chi connectivity index (χ0) is 15.9. The lowest BCUT2D eigenvalue weighted by molar-refractivity contribution is -0.137. The summed E-state index contributed by atoms with van der Waals surface area (Å²) in [6.07, 6.45) is -2.90. The Kier molecular flexibility index (Phi) is 3.28. The minimum absolute atomic E-state index is 0.224. The SMILES string of the molecule is CN1C(=O)C(=Cc2cccc(C(F)(F)F)c2)c2ccccc21. The molecule has 22 heavy (non-hydrogen) atoms. The second-order valence-corrected chi connectivity index (χ2v) is 5.06. The number of hydrogen-bond acceptors (Lipinski definition) is 1. The van der Waals surface area contributed by atoms with Crippen LogP contribution in [0.4, 0.5) is 18.9 Å². The number of anilines is 1. The summed E-state index contributed by atoms with van der Waals surface area (Å²) in [6.45, 7) is 0. The summed E-state index contributed by atoms with van der Waals surface area (Å²) < 4.78 is 38.3. The van der Waals surface area contributed by atoms with E-state index in [0.717, 1.165) is 23.4 Å². The molecule has 1 amide bonds. The number of amides is 1. The number of carbonyl (C=O) groups is 1. The van der Waals surface area contributed by atoms with Crippen molar-refractivity contribution < 1.29 is 18.0 Å². The van der Waals surface area contributed by atoms with Gasteiger partial charge in [0.05, 0.1) is 11.3 Å². The number of halogens is 3. The number of likely N-dealkylation sites (N-methyl/N-ethyl adjacent to an activating group) is 1. The molecule has 0 N–H and O–H groups in total. The average Bonchev–Trinajstić information content (AvgIpc) is 2.72. The zero-order valence-electron chi connectivity index (χ0n) is 11.7. The lowest BCUT2D eigenvalue weighted by atomic mass is 10.0. The first-order valence-electron chi connectivity index (χ1n) is 6.64. The van der Waals surface area contributed by atoms with E-state index in [-0.39, 0.29) is 5.91 Å². The van der Waals surface area contributed by atoms with E-state index in [2.05, 4.69) is 0 Å². The van der Waals surface area contributed by atoms with E-state index >= 15 is 0 Å². The molecular formula is C17H12F3NO. The van der Waals surface area contributed by atoms with Crippen molar-refractivity contribution in [3.8, 4) is 0 Å². The number of nitrogens with zero attached hydrogens (tertiary/aromatic N) is 1. The summed E-state index contributed by atoms with van der Waals surface area (Å²) in [7, 11) is 1.65. The van der Waals surface area contributed by atoms with E-state index in [1.807, 2.05) is 6.07 Å². The number of alkyl halides is 3. The minimum Gasteiger partial charge on any atom is -0.311 e. The number of carbonyl (C=O) groups excluding carboxylic acids is 1. The second-order valence-electron chi connectivity index (χ2n) is 5.06. The van der Waals surface area contributed by atoms with E-state index < -0.39 is 11.7 Å². The van der Waals surface area contributed by atoms with Gasteiger partial charge in [-0.1, -0.05) is 30.3 Å². The maximum atomic E-state index is 12.8. The van der Waals surface area contributed by atoms with Crippen LogP contribution in [0.15, 0.2) is 48.5 Å².